The Morgan fingerprint density at radius 2 is 1.80 bits per heavy atom. The summed E-state index contributed by atoms with van der Waals surface area (Å²) < 4.78 is 4.94. The molecule has 1 aliphatic heterocycles. The van der Waals surface area contributed by atoms with Gasteiger partial charge >= 0.3 is 5.97 Å². The van der Waals surface area contributed by atoms with Crippen molar-refractivity contribution in [2.24, 2.45) is 5.92 Å². The van der Waals surface area contributed by atoms with Crippen molar-refractivity contribution in [2.75, 3.05) is 25.9 Å². The van der Waals surface area contributed by atoms with Crippen LogP contribution in [0, 0.1) is 17.2 Å². The summed E-state index contributed by atoms with van der Waals surface area (Å²) in [6, 6.07) is 13.2. The SMILES string of the molecule is COC(=O)c1cc(C2CCN(C(=O)C(C)C)CC2)cc(-c2ccc(N)cc2)c1C#N. The Kier molecular flexibility index (Phi) is 6.41. The molecular weight excluding hydrogens is 378 g/mol. The van der Waals surface area contributed by atoms with Gasteiger partial charge in [0.25, 0.3) is 0 Å². The zero-order chi connectivity index (χ0) is 21.8. The van der Waals surface area contributed by atoms with Crippen LogP contribution in [0.3, 0.4) is 0 Å². The molecule has 2 aromatic carbocycles. The molecule has 2 N–H and O–H groups in total. The van der Waals surface area contributed by atoms with E-state index in [4.69, 9.17) is 10.5 Å². The lowest BCUT2D eigenvalue weighted by atomic mass is 9.84. The van der Waals surface area contributed by atoms with Crippen LogP contribution in [-0.2, 0) is 9.53 Å². The van der Waals surface area contributed by atoms with E-state index in [2.05, 4.69) is 6.07 Å². The highest BCUT2D eigenvalue weighted by molar-refractivity contribution is 5.95. The van der Waals surface area contributed by atoms with Gasteiger partial charge in [-0.3, -0.25) is 4.79 Å². The number of hydrogen-bond acceptors (Lipinski definition) is 5. The largest absolute Gasteiger partial charge is 0.465 e. The predicted octanol–water partition coefficient (Wildman–Crippen LogP) is 3.96. The molecule has 2 aromatic rings. The van der Waals surface area contributed by atoms with Crippen LogP contribution in [0.1, 0.15) is 54.1 Å². The molecule has 0 bridgehead atoms. The van der Waals surface area contributed by atoms with E-state index in [1.54, 1.807) is 18.2 Å². The molecule has 1 heterocycles. The van der Waals surface area contributed by atoms with Gasteiger partial charge in [-0.1, -0.05) is 26.0 Å². The van der Waals surface area contributed by atoms with Gasteiger partial charge in [0.1, 0.15) is 6.07 Å². The fraction of sp³-hybridized carbons (Fsp3) is 0.375. The summed E-state index contributed by atoms with van der Waals surface area (Å²) in [5.74, 6) is -0.173. The standard InChI is InChI=1S/C24H27N3O3/c1-15(2)23(28)27-10-8-16(9-11-27)18-12-20(17-4-6-19(26)7-5-17)22(14-25)21(13-18)24(29)30-3/h4-7,12-13,15-16H,8-11,26H2,1-3H3. The second-order valence-electron chi connectivity index (χ2n) is 7.97. The quantitative estimate of drug-likeness (QED) is 0.613. The Balaban J connectivity index is 2.00. The van der Waals surface area contributed by atoms with Gasteiger partial charge in [-0.15, -0.1) is 0 Å². The first-order chi connectivity index (χ1) is 14.3. The molecule has 0 spiro atoms. The number of nitrogens with two attached hydrogens (primary N) is 1. The van der Waals surface area contributed by atoms with E-state index in [0.29, 0.717) is 29.9 Å². The van der Waals surface area contributed by atoms with Gasteiger partial charge in [0.05, 0.1) is 18.2 Å². The number of methoxy groups -OCH3 is 1. The third kappa shape index (κ3) is 4.30. The molecule has 0 aliphatic carbocycles. The molecule has 1 amide bonds. The van der Waals surface area contributed by atoms with Crippen LogP contribution in [0.5, 0.6) is 0 Å². The van der Waals surface area contributed by atoms with Gasteiger partial charge in [-0.05, 0) is 54.2 Å². The predicted molar refractivity (Wildman–Crippen MR) is 116 cm³/mol. The molecule has 1 fully saturated rings. The normalized spacial score (nSPS) is 14.4. The summed E-state index contributed by atoms with van der Waals surface area (Å²) in [5.41, 5.74) is 9.49. The molecule has 30 heavy (non-hydrogen) atoms. The average molecular weight is 405 g/mol. The molecule has 156 valence electrons. The summed E-state index contributed by atoms with van der Waals surface area (Å²) in [5, 5.41) is 9.78. The van der Waals surface area contributed by atoms with Gasteiger partial charge < -0.3 is 15.4 Å². The molecule has 0 radical (unpaired) electrons. The number of likely N-dealkylation sites (tertiary alicyclic amines) is 1. The smallest absolute Gasteiger partial charge is 0.339 e. The summed E-state index contributed by atoms with van der Waals surface area (Å²) in [6.07, 6.45) is 1.62. The summed E-state index contributed by atoms with van der Waals surface area (Å²) in [4.78, 5) is 26.6. The van der Waals surface area contributed by atoms with Crippen LogP contribution in [-0.4, -0.2) is 37.0 Å². The molecule has 3 rings (SSSR count). The average Bonchev–Trinajstić information content (AvgIpc) is 2.77. The zero-order valence-electron chi connectivity index (χ0n) is 17.6. The minimum Gasteiger partial charge on any atom is -0.465 e. The van der Waals surface area contributed by atoms with Crippen LogP contribution in [0.25, 0.3) is 11.1 Å². The van der Waals surface area contributed by atoms with E-state index in [-0.39, 0.29) is 23.3 Å². The number of piperidine rings is 1. The lowest BCUT2D eigenvalue weighted by Gasteiger charge is -2.33. The third-order valence-corrected chi connectivity index (χ3v) is 5.67. The zero-order valence-corrected chi connectivity index (χ0v) is 17.6. The summed E-state index contributed by atoms with van der Waals surface area (Å²) in [6.45, 7) is 5.20. The van der Waals surface area contributed by atoms with E-state index >= 15 is 0 Å². The number of hydrogen-bond donors (Lipinski definition) is 1. The van der Waals surface area contributed by atoms with E-state index in [0.717, 1.165) is 24.0 Å². The monoisotopic (exact) mass is 405 g/mol. The Labute approximate surface area is 177 Å². The molecule has 0 unspecified atom stereocenters. The van der Waals surface area contributed by atoms with E-state index in [1.807, 2.05) is 36.9 Å². The van der Waals surface area contributed by atoms with Crippen molar-refractivity contribution >= 4 is 17.6 Å². The summed E-state index contributed by atoms with van der Waals surface area (Å²) in [7, 11) is 1.31. The maximum Gasteiger partial charge on any atom is 0.339 e. The molecule has 0 aromatic heterocycles. The van der Waals surface area contributed by atoms with Crippen LogP contribution in [0.2, 0.25) is 0 Å². The summed E-state index contributed by atoms with van der Waals surface area (Å²) >= 11 is 0. The Hall–Kier alpha value is -3.33. The van der Waals surface area contributed by atoms with Gasteiger partial charge in [-0.2, -0.15) is 5.26 Å². The molecule has 0 saturated carbocycles. The first-order valence-electron chi connectivity index (χ1n) is 10.2. The number of nitrogen functional groups attached to an aromatic ring is 1. The van der Waals surface area contributed by atoms with Gasteiger partial charge in [0.2, 0.25) is 5.91 Å². The van der Waals surface area contributed by atoms with Crippen molar-refractivity contribution in [3.8, 4) is 17.2 Å². The fourth-order valence-corrected chi connectivity index (χ4v) is 3.98. The highest BCUT2D eigenvalue weighted by Gasteiger charge is 2.27. The number of nitriles is 1. The first-order valence-corrected chi connectivity index (χ1v) is 10.2. The number of anilines is 1. The van der Waals surface area contributed by atoms with Crippen LogP contribution in [0.15, 0.2) is 36.4 Å². The van der Waals surface area contributed by atoms with Crippen molar-refractivity contribution in [1.29, 1.82) is 5.26 Å². The lowest BCUT2D eigenvalue weighted by molar-refractivity contribution is -0.135. The number of esters is 1. The maximum absolute atomic E-state index is 12.4. The molecule has 1 saturated heterocycles. The topological polar surface area (TPSA) is 96.4 Å². The van der Waals surface area contributed by atoms with Crippen LogP contribution < -0.4 is 5.73 Å². The molecule has 0 atom stereocenters. The lowest BCUT2D eigenvalue weighted by Crippen LogP contribution is -2.40. The maximum atomic E-state index is 12.4. The van der Waals surface area contributed by atoms with E-state index in [1.165, 1.54) is 7.11 Å². The second kappa shape index (κ2) is 9.00. The Morgan fingerprint density at radius 3 is 2.33 bits per heavy atom. The second-order valence-corrected chi connectivity index (χ2v) is 7.97. The Morgan fingerprint density at radius 1 is 1.17 bits per heavy atom. The van der Waals surface area contributed by atoms with Crippen molar-refractivity contribution < 1.29 is 14.3 Å². The van der Waals surface area contributed by atoms with Gasteiger partial charge in [-0.25, -0.2) is 4.79 Å². The highest BCUT2D eigenvalue weighted by atomic mass is 16.5. The van der Waals surface area contributed by atoms with Crippen LogP contribution >= 0.6 is 0 Å². The van der Waals surface area contributed by atoms with Crippen LogP contribution in [0.4, 0.5) is 5.69 Å². The van der Waals surface area contributed by atoms with E-state index in [9.17, 15) is 14.9 Å². The number of benzene rings is 2. The molecule has 6 heteroatoms. The Bertz CT molecular complexity index is 982. The number of carbonyl (C=O) groups is 2. The third-order valence-electron chi connectivity index (χ3n) is 5.67. The number of rotatable bonds is 4. The number of nitrogens with zero attached hydrogens (tertiary/aromatic N) is 2. The van der Waals surface area contributed by atoms with Crippen molar-refractivity contribution in [3.63, 3.8) is 0 Å². The minimum atomic E-state index is -0.530. The number of carbonyl (C=O) groups excluding carboxylic acids is 2. The van der Waals surface area contributed by atoms with Gasteiger partial charge in [0.15, 0.2) is 0 Å². The molecule has 6 nitrogen and oxygen atoms in total. The fourth-order valence-electron chi connectivity index (χ4n) is 3.98. The van der Waals surface area contributed by atoms with Gasteiger partial charge in [0, 0.05) is 30.3 Å². The minimum absolute atomic E-state index is 0.0143. The number of ether oxygens (including phenoxy) is 1. The van der Waals surface area contributed by atoms with Crippen molar-refractivity contribution in [1.82, 2.24) is 4.90 Å². The van der Waals surface area contributed by atoms with Crippen molar-refractivity contribution in [2.45, 2.75) is 32.6 Å². The first kappa shape index (κ1) is 21.4. The molecule has 1 aliphatic rings. The van der Waals surface area contributed by atoms with Crippen molar-refractivity contribution in [3.05, 3.63) is 53.1 Å². The highest BCUT2D eigenvalue weighted by Crippen LogP contribution is 2.35. The number of amides is 1. The van der Waals surface area contributed by atoms with E-state index < -0.39 is 5.97 Å². The molecular formula is C24H27N3O3.